The van der Waals surface area contributed by atoms with E-state index in [0.717, 1.165) is 19.5 Å². The minimum Gasteiger partial charge on any atom is -0.379 e. The van der Waals surface area contributed by atoms with Gasteiger partial charge in [0, 0.05) is 37.8 Å². The summed E-state index contributed by atoms with van der Waals surface area (Å²) in [6.45, 7) is 9.71. The Hall–Kier alpha value is -2.85. The molecule has 1 aliphatic heterocycles. The predicted molar refractivity (Wildman–Crippen MR) is 111 cm³/mol. The van der Waals surface area contributed by atoms with Crippen LogP contribution in [0.4, 0.5) is 5.69 Å². The highest BCUT2D eigenvalue weighted by Gasteiger charge is 2.24. The van der Waals surface area contributed by atoms with Gasteiger partial charge in [-0.1, -0.05) is 25.1 Å². The molecule has 1 fully saturated rings. The van der Waals surface area contributed by atoms with Crippen molar-refractivity contribution in [2.24, 2.45) is 5.92 Å². The first kappa shape index (κ1) is 21.8. The van der Waals surface area contributed by atoms with E-state index in [1.165, 1.54) is 16.8 Å². The van der Waals surface area contributed by atoms with Gasteiger partial charge >= 0.3 is 0 Å². The number of hydrogen-bond donors (Lipinski definition) is 1. The second-order valence-corrected chi connectivity index (χ2v) is 7.85. The Morgan fingerprint density at radius 2 is 2.07 bits per heavy atom. The number of hydrogen-bond acceptors (Lipinski definition) is 7. The molecule has 0 spiro atoms. The Morgan fingerprint density at radius 1 is 1.33 bits per heavy atom. The fraction of sp³-hybridized carbons (Fsp3) is 0.550. The Morgan fingerprint density at radius 3 is 2.73 bits per heavy atom. The van der Waals surface area contributed by atoms with E-state index in [1.807, 2.05) is 0 Å². The molecule has 1 aliphatic rings. The standard InChI is InChI=1S/C20H28N6O4/c1-14(2)11-18(24-7-9-30-10-8-24)13-21-20(27)19-15(3)25(23-22-19)16-5-4-6-17(12-16)26(28)29/h4-6,12,14,18H,7-11,13H2,1-3H3,(H,21,27). The number of carbonyl (C=O) groups excluding carboxylic acids is 1. The lowest BCUT2D eigenvalue weighted by Crippen LogP contribution is -2.49. The van der Waals surface area contributed by atoms with Crippen molar-refractivity contribution in [3.05, 3.63) is 45.8 Å². The number of benzene rings is 1. The fourth-order valence-electron chi connectivity index (χ4n) is 3.67. The summed E-state index contributed by atoms with van der Waals surface area (Å²) in [4.78, 5) is 25.7. The van der Waals surface area contributed by atoms with Crippen LogP contribution in [0.25, 0.3) is 5.69 Å². The highest BCUT2D eigenvalue weighted by Crippen LogP contribution is 2.18. The molecule has 1 atom stereocenters. The molecule has 2 aromatic rings. The Labute approximate surface area is 175 Å². The van der Waals surface area contributed by atoms with Crippen LogP contribution < -0.4 is 5.32 Å². The molecule has 1 N–H and O–H groups in total. The van der Waals surface area contributed by atoms with Gasteiger partial charge in [0.25, 0.3) is 11.6 Å². The molecule has 3 rings (SSSR count). The van der Waals surface area contributed by atoms with Gasteiger partial charge in [0.05, 0.1) is 29.5 Å². The summed E-state index contributed by atoms with van der Waals surface area (Å²) in [6, 6.07) is 6.30. The molecule has 0 aliphatic carbocycles. The predicted octanol–water partition coefficient (Wildman–Crippen LogP) is 1.96. The number of morpholine rings is 1. The molecule has 0 bridgehead atoms. The van der Waals surface area contributed by atoms with E-state index in [1.54, 1.807) is 19.1 Å². The highest BCUT2D eigenvalue weighted by molar-refractivity contribution is 5.93. The van der Waals surface area contributed by atoms with Crippen LogP contribution in [0.15, 0.2) is 24.3 Å². The van der Waals surface area contributed by atoms with Crippen LogP contribution in [0.1, 0.15) is 36.5 Å². The van der Waals surface area contributed by atoms with Crippen LogP contribution in [0.2, 0.25) is 0 Å². The number of non-ortho nitro benzene ring substituents is 1. The summed E-state index contributed by atoms with van der Waals surface area (Å²) < 4.78 is 6.88. The zero-order valence-corrected chi connectivity index (χ0v) is 17.6. The van der Waals surface area contributed by atoms with E-state index in [-0.39, 0.29) is 23.3 Å². The summed E-state index contributed by atoms with van der Waals surface area (Å²) in [6.07, 6.45) is 0.972. The van der Waals surface area contributed by atoms with Crippen molar-refractivity contribution in [3.8, 4) is 5.69 Å². The van der Waals surface area contributed by atoms with E-state index in [4.69, 9.17) is 4.74 Å². The smallest absolute Gasteiger partial charge is 0.273 e. The maximum absolute atomic E-state index is 12.8. The van der Waals surface area contributed by atoms with Gasteiger partial charge in [-0.25, -0.2) is 4.68 Å². The maximum atomic E-state index is 12.8. The van der Waals surface area contributed by atoms with Crippen LogP contribution in [0.3, 0.4) is 0 Å². The average Bonchev–Trinajstić information content (AvgIpc) is 3.12. The molecule has 1 saturated heterocycles. The molecule has 10 nitrogen and oxygen atoms in total. The van der Waals surface area contributed by atoms with Crippen molar-refractivity contribution in [1.29, 1.82) is 0 Å². The number of nitro groups is 1. The van der Waals surface area contributed by atoms with Crippen LogP contribution in [0.5, 0.6) is 0 Å². The quantitative estimate of drug-likeness (QED) is 0.516. The third-order valence-electron chi connectivity index (χ3n) is 5.20. The molecule has 30 heavy (non-hydrogen) atoms. The van der Waals surface area contributed by atoms with Crippen molar-refractivity contribution in [3.63, 3.8) is 0 Å². The van der Waals surface area contributed by atoms with E-state index < -0.39 is 4.92 Å². The van der Waals surface area contributed by atoms with Gasteiger partial charge in [-0.15, -0.1) is 5.10 Å². The number of ether oxygens (including phenoxy) is 1. The molecule has 1 aromatic heterocycles. The third kappa shape index (κ3) is 5.19. The third-order valence-corrected chi connectivity index (χ3v) is 5.20. The van der Waals surface area contributed by atoms with Crippen molar-refractivity contribution < 1.29 is 14.5 Å². The summed E-state index contributed by atoms with van der Waals surface area (Å²) >= 11 is 0. The molecule has 1 amide bonds. The lowest BCUT2D eigenvalue weighted by molar-refractivity contribution is -0.384. The molecule has 162 valence electrons. The molecular weight excluding hydrogens is 388 g/mol. The molecule has 0 radical (unpaired) electrons. The van der Waals surface area contributed by atoms with E-state index >= 15 is 0 Å². The molecular formula is C20H28N6O4. The van der Waals surface area contributed by atoms with Gasteiger partial charge in [0.15, 0.2) is 5.69 Å². The van der Waals surface area contributed by atoms with E-state index in [0.29, 0.717) is 37.1 Å². The Bertz CT molecular complexity index is 891. The normalized spacial score (nSPS) is 15.9. The first-order chi connectivity index (χ1) is 14.4. The van der Waals surface area contributed by atoms with Crippen molar-refractivity contribution in [2.45, 2.75) is 33.2 Å². The number of nitro benzene ring substituents is 1. The topological polar surface area (TPSA) is 115 Å². The second-order valence-electron chi connectivity index (χ2n) is 7.85. The zero-order chi connectivity index (χ0) is 21.7. The summed E-state index contributed by atoms with van der Waals surface area (Å²) in [7, 11) is 0. The zero-order valence-electron chi connectivity index (χ0n) is 17.6. The SMILES string of the molecule is Cc1c(C(=O)NCC(CC(C)C)N2CCOCC2)nnn1-c1cccc([N+](=O)[O-])c1. The monoisotopic (exact) mass is 416 g/mol. The Balaban J connectivity index is 1.71. The lowest BCUT2D eigenvalue weighted by Gasteiger charge is -2.35. The number of aromatic nitrogens is 3. The van der Waals surface area contributed by atoms with Crippen LogP contribution in [-0.2, 0) is 4.74 Å². The minimum absolute atomic E-state index is 0.0459. The van der Waals surface area contributed by atoms with Crippen LogP contribution in [0, 0.1) is 23.0 Å². The Kier molecular flexibility index (Phi) is 7.11. The summed E-state index contributed by atoms with van der Waals surface area (Å²) in [5.74, 6) is 0.206. The first-order valence-electron chi connectivity index (χ1n) is 10.1. The number of carbonyl (C=O) groups is 1. The summed E-state index contributed by atoms with van der Waals surface area (Å²) in [5.41, 5.74) is 1.18. The molecule has 2 heterocycles. The first-order valence-corrected chi connectivity index (χ1v) is 10.1. The molecule has 1 unspecified atom stereocenters. The van der Waals surface area contributed by atoms with Crippen molar-refractivity contribution in [1.82, 2.24) is 25.2 Å². The van der Waals surface area contributed by atoms with Crippen LogP contribution >= 0.6 is 0 Å². The van der Waals surface area contributed by atoms with Gasteiger partial charge in [-0.05, 0) is 25.3 Å². The number of rotatable bonds is 8. The van der Waals surface area contributed by atoms with Gasteiger partial charge in [-0.3, -0.25) is 19.8 Å². The maximum Gasteiger partial charge on any atom is 0.273 e. The van der Waals surface area contributed by atoms with E-state index in [2.05, 4.69) is 34.4 Å². The molecule has 10 heteroatoms. The van der Waals surface area contributed by atoms with Gasteiger partial charge in [0.1, 0.15) is 0 Å². The minimum atomic E-state index is -0.468. The van der Waals surface area contributed by atoms with Gasteiger partial charge in [0.2, 0.25) is 0 Å². The number of amides is 1. The highest BCUT2D eigenvalue weighted by atomic mass is 16.6. The van der Waals surface area contributed by atoms with Gasteiger partial charge in [-0.2, -0.15) is 0 Å². The molecule has 0 saturated carbocycles. The average molecular weight is 416 g/mol. The van der Waals surface area contributed by atoms with E-state index in [9.17, 15) is 14.9 Å². The molecule has 1 aromatic carbocycles. The van der Waals surface area contributed by atoms with Crippen molar-refractivity contribution >= 4 is 11.6 Å². The largest absolute Gasteiger partial charge is 0.379 e. The number of nitrogens with one attached hydrogen (secondary N) is 1. The fourth-order valence-corrected chi connectivity index (χ4v) is 3.67. The summed E-state index contributed by atoms with van der Waals surface area (Å²) in [5, 5.41) is 22.1. The second kappa shape index (κ2) is 9.77. The lowest BCUT2D eigenvalue weighted by atomic mass is 10.0. The van der Waals surface area contributed by atoms with Crippen LogP contribution in [-0.4, -0.2) is 69.6 Å². The number of nitrogens with zero attached hydrogens (tertiary/aromatic N) is 5. The van der Waals surface area contributed by atoms with Gasteiger partial charge < -0.3 is 10.1 Å². The van der Waals surface area contributed by atoms with Crippen molar-refractivity contribution in [2.75, 3.05) is 32.8 Å².